The van der Waals surface area contributed by atoms with Crippen LogP contribution in [0, 0.1) is 5.82 Å². The molecule has 19 heavy (non-hydrogen) atoms. The van der Waals surface area contributed by atoms with Crippen molar-refractivity contribution in [1.29, 1.82) is 0 Å². The number of carboxylic acids is 1. The molecule has 1 aliphatic carbocycles. The zero-order valence-electron chi connectivity index (χ0n) is 10.3. The summed E-state index contributed by atoms with van der Waals surface area (Å²) >= 11 is 0. The highest BCUT2D eigenvalue weighted by Crippen LogP contribution is 2.26. The minimum Gasteiger partial charge on any atom is -0.478 e. The molecule has 1 amide bonds. The maximum atomic E-state index is 13.4. The Morgan fingerprint density at radius 1 is 1.11 bits per heavy atom. The first-order valence-corrected chi connectivity index (χ1v) is 6.11. The van der Waals surface area contributed by atoms with Gasteiger partial charge in [0, 0.05) is 11.1 Å². The van der Waals surface area contributed by atoms with Gasteiger partial charge in [0.15, 0.2) is 0 Å². The van der Waals surface area contributed by atoms with Crippen molar-refractivity contribution in [3.8, 4) is 0 Å². The summed E-state index contributed by atoms with van der Waals surface area (Å²) in [5.41, 5.74) is 0.456. The third kappa shape index (κ3) is 2.99. The summed E-state index contributed by atoms with van der Waals surface area (Å²) in [5, 5.41) is 11.5. The molecule has 0 bridgehead atoms. The molecular weight excluding hydrogens is 249 g/mol. The predicted molar refractivity (Wildman–Crippen MR) is 68.2 cm³/mol. The van der Waals surface area contributed by atoms with E-state index in [1.165, 1.54) is 18.2 Å². The molecule has 0 atom stereocenters. The van der Waals surface area contributed by atoms with Crippen molar-refractivity contribution in [3.63, 3.8) is 0 Å². The van der Waals surface area contributed by atoms with E-state index in [1.54, 1.807) is 6.07 Å². The number of carboxylic acid groups (broad SMARTS) is 1. The van der Waals surface area contributed by atoms with Crippen molar-refractivity contribution in [3.05, 3.63) is 41.2 Å². The van der Waals surface area contributed by atoms with E-state index in [0.717, 1.165) is 12.8 Å². The second kappa shape index (κ2) is 5.65. The molecule has 0 radical (unpaired) electrons. The zero-order valence-corrected chi connectivity index (χ0v) is 10.3. The van der Waals surface area contributed by atoms with E-state index >= 15 is 0 Å². The van der Waals surface area contributed by atoms with Gasteiger partial charge in [-0.3, -0.25) is 4.79 Å². The molecule has 5 heteroatoms. The van der Waals surface area contributed by atoms with Crippen LogP contribution in [-0.4, -0.2) is 17.0 Å². The number of carbonyl (C=O) groups is 2. The number of nitrogens with one attached hydrogen (secondary N) is 1. The second-order valence-electron chi connectivity index (χ2n) is 4.40. The summed E-state index contributed by atoms with van der Waals surface area (Å²) in [7, 11) is 0. The Labute approximate surface area is 109 Å². The van der Waals surface area contributed by atoms with Gasteiger partial charge in [-0.2, -0.15) is 0 Å². The molecule has 0 heterocycles. The van der Waals surface area contributed by atoms with Crippen LogP contribution in [0.5, 0.6) is 0 Å². The Kier molecular flexibility index (Phi) is 3.94. The van der Waals surface area contributed by atoms with Gasteiger partial charge < -0.3 is 10.4 Å². The van der Waals surface area contributed by atoms with Crippen LogP contribution in [0.15, 0.2) is 35.4 Å². The van der Waals surface area contributed by atoms with Crippen LogP contribution >= 0.6 is 0 Å². The van der Waals surface area contributed by atoms with Gasteiger partial charge in [-0.1, -0.05) is 12.1 Å². The summed E-state index contributed by atoms with van der Waals surface area (Å²) in [5.74, 6) is -2.13. The SMILES string of the molecule is O=C(O)C1=C(C(=O)Nc2ccccc2F)CCCC1. The summed E-state index contributed by atoms with van der Waals surface area (Å²) in [6, 6.07) is 5.81. The van der Waals surface area contributed by atoms with Crippen molar-refractivity contribution in [2.75, 3.05) is 5.32 Å². The average molecular weight is 263 g/mol. The lowest BCUT2D eigenvalue weighted by Crippen LogP contribution is -2.21. The molecule has 1 aromatic carbocycles. The van der Waals surface area contributed by atoms with Crippen LogP contribution in [-0.2, 0) is 9.59 Å². The largest absolute Gasteiger partial charge is 0.478 e. The standard InChI is InChI=1S/C14H14FNO3/c15-11-7-3-4-8-12(11)16-13(17)9-5-1-2-6-10(9)14(18)19/h3-4,7-8H,1-2,5-6H2,(H,16,17)(H,18,19). The minimum atomic E-state index is -1.07. The molecule has 1 aromatic rings. The van der Waals surface area contributed by atoms with Crippen LogP contribution in [0.25, 0.3) is 0 Å². The van der Waals surface area contributed by atoms with Crippen LogP contribution in [0.1, 0.15) is 25.7 Å². The Morgan fingerprint density at radius 3 is 2.37 bits per heavy atom. The monoisotopic (exact) mass is 263 g/mol. The van der Waals surface area contributed by atoms with Gasteiger partial charge in [0.05, 0.1) is 5.69 Å². The number of benzene rings is 1. The molecule has 0 saturated carbocycles. The molecule has 2 N–H and O–H groups in total. The van der Waals surface area contributed by atoms with Gasteiger partial charge in [0.1, 0.15) is 5.82 Å². The van der Waals surface area contributed by atoms with E-state index in [1.807, 2.05) is 0 Å². The highest BCUT2D eigenvalue weighted by atomic mass is 19.1. The first-order chi connectivity index (χ1) is 9.09. The summed E-state index contributed by atoms with van der Waals surface area (Å²) < 4.78 is 13.4. The number of carbonyl (C=O) groups excluding carboxylic acids is 1. The van der Waals surface area contributed by atoms with E-state index in [0.29, 0.717) is 12.8 Å². The number of amides is 1. The fourth-order valence-electron chi connectivity index (χ4n) is 2.15. The van der Waals surface area contributed by atoms with E-state index in [4.69, 9.17) is 5.11 Å². The third-order valence-corrected chi connectivity index (χ3v) is 3.12. The van der Waals surface area contributed by atoms with Crippen LogP contribution < -0.4 is 5.32 Å². The van der Waals surface area contributed by atoms with Crippen molar-refractivity contribution in [2.45, 2.75) is 25.7 Å². The normalized spacial score (nSPS) is 15.2. The lowest BCUT2D eigenvalue weighted by atomic mass is 9.91. The van der Waals surface area contributed by atoms with Gasteiger partial charge in [-0.15, -0.1) is 0 Å². The number of rotatable bonds is 3. The highest BCUT2D eigenvalue weighted by molar-refractivity contribution is 6.08. The van der Waals surface area contributed by atoms with E-state index in [9.17, 15) is 14.0 Å². The number of para-hydroxylation sites is 1. The number of hydrogen-bond donors (Lipinski definition) is 2. The van der Waals surface area contributed by atoms with Gasteiger partial charge in [-0.25, -0.2) is 9.18 Å². The number of hydrogen-bond acceptors (Lipinski definition) is 2. The lowest BCUT2D eigenvalue weighted by Gasteiger charge is -2.17. The van der Waals surface area contributed by atoms with Gasteiger partial charge in [-0.05, 0) is 37.8 Å². The third-order valence-electron chi connectivity index (χ3n) is 3.12. The molecule has 1 aliphatic rings. The molecule has 2 rings (SSSR count). The first-order valence-electron chi connectivity index (χ1n) is 6.11. The molecule has 0 spiro atoms. The first kappa shape index (κ1) is 13.3. The quantitative estimate of drug-likeness (QED) is 0.881. The Morgan fingerprint density at radius 2 is 1.74 bits per heavy atom. The van der Waals surface area contributed by atoms with Gasteiger partial charge in [0.2, 0.25) is 0 Å². The van der Waals surface area contributed by atoms with E-state index in [2.05, 4.69) is 5.32 Å². The summed E-state index contributed by atoms with van der Waals surface area (Å²) in [6.07, 6.45) is 2.34. The number of halogens is 1. The zero-order chi connectivity index (χ0) is 13.8. The van der Waals surface area contributed by atoms with Gasteiger partial charge in [0.25, 0.3) is 5.91 Å². The van der Waals surface area contributed by atoms with E-state index in [-0.39, 0.29) is 16.8 Å². The molecule has 0 aliphatic heterocycles. The Bertz CT molecular complexity index is 551. The fraction of sp³-hybridized carbons (Fsp3) is 0.286. The highest BCUT2D eigenvalue weighted by Gasteiger charge is 2.23. The van der Waals surface area contributed by atoms with Crippen molar-refractivity contribution >= 4 is 17.6 Å². The van der Waals surface area contributed by atoms with E-state index < -0.39 is 17.7 Å². The average Bonchev–Trinajstić information content (AvgIpc) is 2.41. The Hall–Kier alpha value is -2.17. The topological polar surface area (TPSA) is 66.4 Å². The fourth-order valence-corrected chi connectivity index (χ4v) is 2.15. The van der Waals surface area contributed by atoms with Crippen LogP contribution in [0.2, 0.25) is 0 Å². The molecule has 0 aromatic heterocycles. The van der Waals surface area contributed by atoms with Crippen LogP contribution in [0.4, 0.5) is 10.1 Å². The van der Waals surface area contributed by atoms with Crippen LogP contribution in [0.3, 0.4) is 0 Å². The lowest BCUT2D eigenvalue weighted by molar-refractivity contribution is -0.133. The molecule has 100 valence electrons. The van der Waals surface area contributed by atoms with Crippen molar-refractivity contribution < 1.29 is 19.1 Å². The molecule has 4 nitrogen and oxygen atoms in total. The maximum Gasteiger partial charge on any atom is 0.332 e. The molecule has 0 saturated heterocycles. The molecule has 0 fully saturated rings. The smallest absolute Gasteiger partial charge is 0.332 e. The maximum absolute atomic E-state index is 13.4. The number of aliphatic carboxylic acids is 1. The predicted octanol–water partition coefficient (Wildman–Crippen LogP) is 2.72. The number of anilines is 1. The minimum absolute atomic E-state index is 0.0651. The Balaban J connectivity index is 2.24. The second-order valence-corrected chi connectivity index (χ2v) is 4.40. The molecule has 0 unspecified atom stereocenters. The van der Waals surface area contributed by atoms with Gasteiger partial charge >= 0.3 is 5.97 Å². The summed E-state index contributed by atoms with van der Waals surface area (Å²) in [4.78, 5) is 23.1. The summed E-state index contributed by atoms with van der Waals surface area (Å²) in [6.45, 7) is 0. The van der Waals surface area contributed by atoms with Crippen molar-refractivity contribution in [1.82, 2.24) is 0 Å². The molecular formula is C14H14FNO3. The van der Waals surface area contributed by atoms with Crippen molar-refractivity contribution in [2.24, 2.45) is 0 Å².